The number of aromatic amines is 1. The summed E-state index contributed by atoms with van der Waals surface area (Å²) in [6.07, 6.45) is 1.24. The number of carbonyl (C=O) groups excluding carboxylic acids is 1. The summed E-state index contributed by atoms with van der Waals surface area (Å²) in [6.45, 7) is 1.50. The van der Waals surface area contributed by atoms with Gasteiger partial charge >= 0.3 is 5.97 Å². The van der Waals surface area contributed by atoms with E-state index in [-0.39, 0.29) is 15.7 Å². The molecule has 21 heavy (non-hydrogen) atoms. The van der Waals surface area contributed by atoms with Crippen LogP contribution in [-0.2, 0) is 0 Å². The molecule has 1 amide bonds. The number of anilines is 1. The zero-order chi connectivity index (χ0) is 15.7. The number of rotatable bonds is 3. The zero-order valence-electron chi connectivity index (χ0n) is 10.6. The number of benzene rings is 1. The van der Waals surface area contributed by atoms with Crippen molar-refractivity contribution >= 4 is 33.5 Å². The summed E-state index contributed by atoms with van der Waals surface area (Å²) in [4.78, 5) is 25.6. The monoisotopic (exact) mass is 358 g/mol. The van der Waals surface area contributed by atoms with Gasteiger partial charge in [0.15, 0.2) is 0 Å². The van der Waals surface area contributed by atoms with Crippen LogP contribution in [0.2, 0.25) is 0 Å². The minimum atomic E-state index is -1.26. The van der Waals surface area contributed by atoms with Crippen LogP contribution in [0.1, 0.15) is 26.4 Å². The van der Waals surface area contributed by atoms with Gasteiger partial charge in [0.25, 0.3) is 5.91 Å². The molecule has 0 bridgehead atoms. The second-order valence-electron chi connectivity index (χ2n) is 4.21. The first-order valence-corrected chi connectivity index (χ1v) is 6.47. The van der Waals surface area contributed by atoms with Crippen molar-refractivity contribution in [2.75, 3.05) is 5.32 Å². The van der Waals surface area contributed by atoms with Crippen LogP contribution in [0.3, 0.4) is 0 Å². The number of hydrogen-bond acceptors (Lipinski definition) is 2. The van der Waals surface area contributed by atoms with Crippen molar-refractivity contribution in [1.82, 2.24) is 4.98 Å². The van der Waals surface area contributed by atoms with Crippen molar-refractivity contribution in [1.29, 1.82) is 0 Å². The van der Waals surface area contributed by atoms with E-state index in [1.165, 1.54) is 13.1 Å². The number of H-pyrrole nitrogens is 1. The van der Waals surface area contributed by atoms with E-state index in [4.69, 9.17) is 5.11 Å². The third-order valence-electron chi connectivity index (χ3n) is 2.77. The summed E-state index contributed by atoms with van der Waals surface area (Å²) in [7, 11) is 0. The summed E-state index contributed by atoms with van der Waals surface area (Å²) in [5.74, 6) is -4.44. The average molecular weight is 359 g/mol. The predicted molar refractivity (Wildman–Crippen MR) is 74.5 cm³/mol. The van der Waals surface area contributed by atoms with Gasteiger partial charge in [-0.3, -0.25) is 4.79 Å². The van der Waals surface area contributed by atoms with Crippen LogP contribution >= 0.6 is 15.9 Å². The first kappa shape index (κ1) is 15.2. The summed E-state index contributed by atoms with van der Waals surface area (Å²) in [6, 6.07) is 1.89. The molecule has 5 nitrogen and oxygen atoms in total. The van der Waals surface area contributed by atoms with Gasteiger partial charge < -0.3 is 15.4 Å². The van der Waals surface area contributed by atoms with Gasteiger partial charge in [-0.1, -0.05) is 15.9 Å². The number of carboxylic acid groups (broad SMARTS) is 1. The molecular weight excluding hydrogens is 350 g/mol. The van der Waals surface area contributed by atoms with E-state index in [1.807, 2.05) is 0 Å². The van der Waals surface area contributed by atoms with Crippen LogP contribution in [0.15, 0.2) is 22.8 Å². The molecule has 0 saturated carbocycles. The zero-order valence-corrected chi connectivity index (χ0v) is 12.2. The number of aromatic carboxylic acids is 1. The lowest BCUT2D eigenvalue weighted by molar-refractivity contribution is 0.0697. The quantitative estimate of drug-likeness (QED) is 0.786. The largest absolute Gasteiger partial charge is 0.478 e. The highest BCUT2D eigenvalue weighted by atomic mass is 79.9. The van der Waals surface area contributed by atoms with Crippen molar-refractivity contribution < 1.29 is 23.5 Å². The number of hydrogen-bond donors (Lipinski definition) is 3. The van der Waals surface area contributed by atoms with Gasteiger partial charge in [-0.05, 0) is 19.1 Å². The Hall–Kier alpha value is -2.22. The number of nitrogens with one attached hydrogen (secondary N) is 2. The highest BCUT2D eigenvalue weighted by Gasteiger charge is 2.22. The Morgan fingerprint density at radius 1 is 1.24 bits per heavy atom. The molecule has 2 aromatic rings. The van der Waals surface area contributed by atoms with Crippen LogP contribution < -0.4 is 5.32 Å². The molecule has 0 aliphatic rings. The minimum Gasteiger partial charge on any atom is -0.478 e. The standard InChI is InChI=1S/C13H9BrF2N2O3/c1-5-10(13(20)21)9(4-17-5)18-12(19)11-7(15)2-6(14)3-8(11)16/h2-4,17H,1H3,(H,18,19)(H,20,21). The Labute approximate surface area is 126 Å². The molecule has 0 aliphatic heterocycles. The van der Waals surface area contributed by atoms with Crippen molar-refractivity contribution in [3.63, 3.8) is 0 Å². The number of halogens is 3. The molecule has 0 fully saturated rings. The van der Waals surface area contributed by atoms with Crippen LogP contribution in [0.5, 0.6) is 0 Å². The normalized spacial score (nSPS) is 10.5. The fraction of sp³-hybridized carbons (Fsp3) is 0.0769. The molecule has 1 heterocycles. The molecule has 1 aromatic heterocycles. The van der Waals surface area contributed by atoms with Crippen molar-refractivity contribution in [2.45, 2.75) is 6.92 Å². The van der Waals surface area contributed by atoms with Gasteiger partial charge in [0.1, 0.15) is 22.8 Å². The van der Waals surface area contributed by atoms with Crippen molar-refractivity contribution in [2.24, 2.45) is 0 Å². The fourth-order valence-corrected chi connectivity index (χ4v) is 2.25. The van der Waals surface area contributed by atoms with E-state index >= 15 is 0 Å². The molecule has 0 unspecified atom stereocenters. The topological polar surface area (TPSA) is 82.2 Å². The maximum Gasteiger partial charge on any atom is 0.339 e. The van der Waals surface area contributed by atoms with Gasteiger partial charge in [-0.15, -0.1) is 0 Å². The molecule has 8 heteroatoms. The number of aryl methyl sites for hydroxylation is 1. The molecule has 0 spiro atoms. The van der Waals surface area contributed by atoms with E-state index in [0.717, 1.165) is 12.1 Å². The lowest BCUT2D eigenvalue weighted by Gasteiger charge is -2.07. The van der Waals surface area contributed by atoms with E-state index in [2.05, 4.69) is 26.2 Å². The number of carbonyl (C=O) groups is 2. The average Bonchev–Trinajstić information content (AvgIpc) is 2.68. The van der Waals surface area contributed by atoms with Crippen molar-refractivity contribution in [3.05, 3.63) is 51.3 Å². The third-order valence-corrected chi connectivity index (χ3v) is 3.23. The van der Waals surface area contributed by atoms with Gasteiger partial charge in [0, 0.05) is 16.4 Å². The van der Waals surface area contributed by atoms with Crippen molar-refractivity contribution in [3.8, 4) is 0 Å². The molecule has 3 N–H and O–H groups in total. The van der Waals surface area contributed by atoms with Gasteiger partial charge in [0.2, 0.25) is 0 Å². The number of carboxylic acids is 1. The number of aromatic nitrogens is 1. The SMILES string of the molecule is Cc1[nH]cc(NC(=O)c2c(F)cc(Br)cc2F)c1C(=O)O. The Morgan fingerprint density at radius 2 is 1.81 bits per heavy atom. The van der Waals surface area contributed by atoms with Gasteiger partial charge in [-0.25, -0.2) is 13.6 Å². The molecular formula is C13H9BrF2N2O3. The third kappa shape index (κ3) is 2.94. The van der Waals surface area contributed by atoms with Crippen LogP contribution in [0.4, 0.5) is 14.5 Å². The first-order chi connectivity index (χ1) is 9.81. The van der Waals surface area contributed by atoms with Crippen LogP contribution in [-0.4, -0.2) is 22.0 Å². The fourth-order valence-electron chi connectivity index (χ4n) is 1.84. The maximum absolute atomic E-state index is 13.7. The van der Waals surface area contributed by atoms with Gasteiger partial charge in [0.05, 0.1) is 5.69 Å². The van der Waals surface area contributed by atoms with Crippen LogP contribution in [0.25, 0.3) is 0 Å². The summed E-state index contributed by atoms with van der Waals surface area (Å²) in [5.41, 5.74) is -0.698. The first-order valence-electron chi connectivity index (χ1n) is 5.68. The van der Waals surface area contributed by atoms with E-state index in [0.29, 0.717) is 5.69 Å². The smallest absolute Gasteiger partial charge is 0.339 e. The summed E-state index contributed by atoms with van der Waals surface area (Å²) >= 11 is 2.90. The van der Waals surface area contributed by atoms with E-state index in [9.17, 15) is 18.4 Å². The second-order valence-corrected chi connectivity index (χ2v) is 5.12. The molecule has 2 rings (SSSR count). The van der Waals surface area contributed by atoms with E-state index in [1.54, 1.807) is 0 Å². The summed E-state index contributed by atoms with van der Waals surface area (Å²) in [5, 5.41) is 11.2. The highest BCUT2D eigenvalue weighted by Crippen LogP contribution is 2.23. The molecule has 110 valence electrons. The lowest BCUT2D eigenvalue weighted by Crippen LogP contribution is -2.17. The Balaban J connectivity index is 2.38. The molecule has 1 aromatic carbocycles. The van der Waals surface area contributed by atoms with Crippen LogP contribution in [0, 0.1) is 18.6 Å². The Morgan fingerprint density at radius 3 is 2.33 bits per heavy atom. The van der Waals surface area contributed by atoms with Gasteiger partial charge in [-0.2, -0.15) is 0 Å². The highest BCUT2D eigenvalue weighted by molar-refractivity contribution is 9.10. The number of amides is 1. The Bertz CT molecular complexity index is 720. The van der Waals surface area contributed by atoms with E-state index < -0.39 is 29.1 Å². The molecule has 0 radical (unpaired) electrons. The maximum atomic E-state index is 13.7. The Kier molecular flexibility index (Phi) is 4.08. The summed E-state index contributed by atoms with van der Waals surface area (Å²) < 4.78 is 27.5. The lowest BCUT2D eigenvalue weighted by atomic mass is 10.1. The second kappa shape index (κ2) is 5.65. The minimum absolute atomic E-state index is 0.0632. The molecule has 0 aliphatic carbocycles. The molecule has 0 atom stereocenters. The predicted octanol–water partition coefficient (Wildman–Crippen LogP) is 3.31. The molecule has 0 saturated heterocycles.